The number of nitrogens with zero attached hydrogens (tertiary/aromatic N) is 3. The third-order valence-corrected chi connectivity index (χ3v) is 3.89. The van der Waals surface area contributed by atoms with E-state index in [1.54, 1.807) is 18.6 Å². The van der Waals surface area contributed by atoms with E-state index in [1.807, 2.05) is 44.2 Å². The third-order valence-electron chi connectivity index (χ3n) is 3.89. The Morgan fingerprint density at radius 1 is 1.08 bits per heavy atom. The molecule has 0 aliphatic carbocycles. The van der Waals surface area contributed by atoms with Crippen molar-refractivity contribution in [2.45, 2.75) is 20.0 Å². The van der Waals surface area contributed by atoms with Crippen molar-refractivity contribution in [3.63, 3.8) is 0 Å². The molecule has 26 heavy (non-hydrogen) atoms. The average molecular weight is 350 g/mol. The van der Waals surface area contributed by atoms with Crippen LogP contribution in [0, 0.1) is 13.8 Å². The molecule has 3 aromatic rings. The van der Waals surface area contributed by atoms with Crippen molar-refractivity contribution >= 4 is 5.95 Å². The Morgan fingerprint density at radius 3 is 2.65 bits per heavy atom. The van der Waals surface area contributed by atoms with Gasteiger partial charge in [-0.2, -0.15) is 0 Å². The second kappa shape index (κ2) is 8.40. The van der Waals surface area contributed by atoms with Gasteiger partial charge in [-0.05, 0) is 43.7 Å². The molecular weight excluding hydrogens is 328 g/mol. The highest BCUT2D eigenvalue weighted by atomic mass is 16.5. The molecule has 6 heteroatoms. The first-order valence-corrected chi connectivity index (χ1v) is 8.47. The predicted molar refractivity (Wildman–Crippen MR) is 101 cm³/mol. The van der Waals surface area contributed by atoms with Crippen LogP contribution in [0.1, 0.15) is 11.1 Å². The largest absolute Gasteiger partial charge is 0.491 e. The van der Waals surface area contributed by atoms with Crippen molar-refractivity contribution in [1.82, 2.24) is 15.0 Å². The molecule has 0 bridgehead atoms. The van der Waals surface area contributed by atoms with Gasteiger partial charge in [0, 0.05) is 30.7 Å². The fourth-order valence-corrected chi connectivity index (χ4v) is 2.54. The lowest BCUT2D eigenvalue weighted by Crippen LogP contribution is -2.27. The van der Waals surface area contributed by atoms with E-state index in [2.05, 4.69) is 26.3 Å². The molecule has 0 aliphatic heterocycles. The lowest BCUT2D eigenvalue weighted by Gasteiger charge is -2.15. The molecule has 0 saturated heterocycles. The number of nitrogens with one attached hydrogen (secondary N) is 1. The second-order valence-corrected chi connectivity index (χ2v) is 6.12. The third kappa shape index (κ3) is 4.77. The highest BCUT2D eigenvalue weighted by molar-refractivity contribution is 5.58. The second-order valence-electron chi connectivity index (χ2n) is 6.12. The smallest absolute Gasteiger partial charge is 0.223 e. The fourth-order valence-electron chi connectivity index (χ4n) is 2.54. The Kier molecular flexibility index (Phi) is 5.76. The van der Waals surface area contributed by atoms with Gasteiger partial charge in [-0.15, -0.1) is 0 Å². The number of ether oxygens (including phenoxy) is 1. The molecule has 3 rings (SSSR count). The monoisotopic (exact) mass is 350 g/mol. The Hall–Kier alpha value is -2.99. The molecular formula is C20H22N4O2. The van der Waals surface area contributed by atoms with Crippen LogP contribution in [-0.4, -0.2) is 39.3 Å². The SMILES string of the molecule is Cc1ccc(OC[C@H](O)CNc2nccc(-c3ccncc3)n2)c(C)c1. The van der Waals surface area contributed by atoms with E-state index in [0.717, 1.165) is 22.6 Å². The Bertz CT molecular complexity index is 855. The van der Waals surface area contributed by atoms with Gasteiger partial charge in [0.1, 0.15) is 18.5 Å². The Morgan fingerprint density at radius 2 is 1.88 bits per heavy atom. The van der Waals surface area contributed by atoms with Crippen molar-refractivity contribution in [1.29, 1.82) is 0 Å². The quantitative estimate of drug-likeness (QED) is 0.682. The number of aryl methyl sites for hydroxylation is 2. The summed E-state index contributed by atoms with van der Waals surface area (Å²) in [5, 5.41) is 13.2. The molecule has 0 saturated carbocycles. The normalized spacial score (nSPS) is 11.8. The maximum atomic E-state index is 10.2. The number of aliphatic hydroxyl groups excluding tert-OH is 1. The van der Waals surface area contributed by atoms with Gasteiger partial charge in [-0.25, -0.2) is 9.97 Å². The van der Waals surface area contributed by atoms with Crippen LogP contribution in [0.3, 0.4) is 0 Å². The molecule has 0 unspecified atom stereocenters. The Labute approximate surface area is 152 Å². The number of aliphatic hydroxyl groups is 1. The molecule has 2 aromatic heterocycles. The van der Waals surface area contributed by atoms with Crippen molar-refractivity contribution in [3.05, 3.63) is 66.1 Å². The van der Waals surface area contributed by atoms with E-state index >= 15 is 0 Å². The first-order valence-electron chi connectivity index (χ1n) is 8.47. The summed E-state index contributed by atoms with van der Waals surface area (Å²) in [5.41, 5.74) is 4.00. The summed E-state index contributed by atoms with van der Waals surface area (Å²) >= 11 is 0. The topological polar surface area (TPSA) is 80.2 Å². The number of rotatable bonds is 7. The number of benzene rings is 1. The molecule has 134 valence electrons. The highest BCUT2D eigenvalue weighted by Gasteiger charge is 2.08. The maximum Gasteiger partial charge on any atom is 0.223 e. The van der Waals surface area contributed by atoms with E-state index in [4.69, 9.17) is 4.74 Å². The first kappa shape index (κ1) is 17.8. The average Bonchev–Trinajstić information content (AvgIpc) is 2.66. The molecule has 0 amide bonds. The van der Waals surface area contributed by atoms with Gasteiger partial charge >= 0.3 is 0 Å². The van der Waals surface area contributed by atoms with Crippen LogP contribution >= 0.6 is 0 Å². The summed E-state index contributed by atoms with van der Waals surface area (Å²) < 4.78 is 5.70. The molecule has 2 N–H and O–H groups in total. The summed E-state index contributed by atoms with van der Waals surface area (Å²) in [6.45, 7) is 4.52. The van der Waals surface area contributed by atoms with Gasteiger partial charge in [0.15, 0.2) is 0 Å². The molecule has 0 aliphatic rings. The van der Waals surface area contributed by atoms with Gasteiger partial charge in [0.05, 0.1) is 5.69 Å². The van der Waals surface area contributed by atoms with Crippen LogP contribution in [-0.2, 0) is 0 Å². The zero-order chi connectivity index (χ0) is 18.4. The minimum atomic E-state index is -0.677. The minimum absolute atomic E-state index is 0.195. The molecule has 1 atom stereocenters. The number of aromatic nitrogens is 3. The lowest BCUT2D eigenvalue weighted by molar-refractivity contribution is 0.117. The fraction of sp³-hybridized carbons (Fsp3) is 0.250. The first-order chi connectivity index (χ1) is 12.6. The zero-order valence-corrected chi connectivity index (χ0v) is 14.9. The predicted octanol–water partition coefficient (Wildman–Crippen LogP) is 3.01. The summed E-state index contributed by atoms with van der Waals surface area (Å²) in [6.07, 6.45) is 4.45. The van der Waals surface area contributed by atoms with Crippen molar-refractivity contribution in [2.75, 3.05) is 18.5 Å². The van der Waals surface area contributed by atoms with Crippen LogP contribution in [0.25, 0.3) is 11.3 Å². The van der Waals surface area contributed by atoms with E-state index in [0.29, 0.717) is 12.5 Å². The molecule has 2 heterocycles. The van der Waals surface area contributed by atoms with Crippen LogP contribution in [0.5, 0.6) is 5.75 Å². The van der Waals surface area contributed by atoms with Crippen molar-refractivity contribution in [2.24, 2.45) is 0 Å². The lowest BCUT2D eigenvalue weighted by atomic mass is 10.1. The van der Waals surface area contributed by atoms with Crippen molar-refractivity contribution < 1.29 is 9.84 Å². The highest BCUT2D eigenvalue weighted by Crippen LogP contribution is 2.19. The summed E-state index contributed by atoms with van der Waals surface area (Å²) in [5.74, 6) is 1.25. The summed E-state index contributed by atoms with van der Waals surface area (Å²) in [6, 6.07) is 11.6. The van der Waals surface area contributed by atoms with Crippen LogP contribution in [0.4, 0.5) is 5.95 Å². The van der Waals surface area contributed by atoms with Crippen molar-refractivity contribution in [3.8, 4) is 17.0 Å². The number of pyridine rings is 1. The van der Waals surface area contributed by atoms with E-state index < -0.39 is 6.10 Å². The molecule has 1 aromatic carbocycles. The van der Waals surface area contributed by atoms with Gasteiger partial charge in [-0.1, -0.05) is 17.7 Å². The van der Waals surface area contributed by atoms with Gasteiger partial charge in [0.25, 0.3) is 0 Å². The van der Waals surface area contributed by atoms with Crippen LogP contribution in [0.2, 0.25) is 0 Å². The molecule has 0 fully saturated rings. The van der Waals surface area contributed by atoms with E-state index in [9.17, 15) is 5.11 Å². The summed E-state index contributed by atoms with van der Waals surface area (Å²) in [4.78, 5) is 12.6. The standard InChI is InChI=1S/C20H22N4O2/c1-14-3-4-19(15(2)11-14)26-13-17(25)12-23-20-22-10-7-18(24-20)16-5-8-21-9-6-16/h3-11,17,25H,12-13H2,1-2H3,(H,22,23,24)/t17-/m1/s1. The maximum absolute atomic E-state index is 10.2. The number of hydrogen-bond acceptors (Lipinski definition) is 6. The number of hydrogen-bond donors (Lipinski definition) is 2. The zero-order valence-electron chi connectivity index (χ0n) is 14.9. The Balaban J connectivity index is 1.54. The molecule has 6 nitrogen and oxygen atoms in total. The van der Waals surface area contributed by atoms with Crippen LogP contribution in [0.15, 0.2) is 55.0 Å². The summed E-state index contributed by atoms with van der Waals surface area (Å²) in [7, 11) is 0. The molecule has 0 radical (unpaired) electrons. The minimum Gasteiger partial charge on any atom is -0.491 e. The van der Waals surface area contributed by atoms with Gasteiger partial charge in [-0.3, -0.25) is 4.98 Å². The molecule has 0 spiro atoms. The van der Waals surface area contributed by atoms with E-state index in [-0.39, 0.29) is 6.61 Å². The van der Waals surface area contributed by atoms with Gasteiger partial charge < -0.3 is 15.2 Å². The van der Waals surface area contributed by atoms with E-state index in [1.165, 1.54) is 5.56 Å². The van der Waals surface area contributed by atoms with Crippen LogP contribution < -0.4 is 10.1 Å². The van der Waals surface area contributed by atoms with Gasteiger partial charge in [0.2, 0.25) is 5.95 Å². The number of anilines is 1.